The molecule has 0 saturated carbocycles. The molecule has 2 N–H and O–H groups in total. The fourth-order valence-electron chi connectivity index (χ4n) is 2.76. The van der Waals surface area contributed by atoms with E-state index in [0.717, 1.165) is 46.7 Å². The zero-order valence-corrected chi connectivity index (χ0v) is 17.7. The minimum Gasteiger partial charge on any atom is -0.357 e. The Bertz CT molecular complexity index is 924. The Hall–Kier alpha value is -2.74. The largest absolute Gasteiger partial charge is 0.357 e. The fraction of sp³-hybridized carbons (Fsp3) is 0.400. The molecular weight excluding hydrogens is 370 g/mol. The summed E-state index contributed by atoms with van der Waals surface area (Å²) >= 11 is 1.74. The quantitative estimate of drug-likeness (QED) is 0.473. The lowest BCUT2D eigenvalue weighted by Crippen LogP contribution is -2.36. The van der Waals surface area contributed by atoms with Crippen molar-refractivity contribution < 1.29 is 0 Å². The highest BCUT2D eigenvalue weighted by atomic mass is 32.1. The van der Waals surface area contributed by atoms with Gasteiger partial charge in [-0.1, -0.05) is 13.0 Å². The van der Waals surface area contributed by atoms with Crippen molar-refractivity contribution in [2.45, 2.75) is 47.2 Å². The average molecular weight is 398 g/mol. The molecule has 0 fully saturated rings. The first-order valence-corrected chi connectivity index (χ1v) is 10.3. The molecule has 8 heteroatoms. The summed E-state index contributed by atoms with van der Waals surface area (Å²) in [6, 6.07) is 6.06. The van der Waals surface area contributed by atoms with Gasteiger partial charge in [0.2, 0.25) is 0 Å². The van der Waals surface area contributed by atoms with Crippen LogP contribution in [0.1, 0.15) is 40.7 Å². The summed E-state index contributed by atoms with van der Waals surface area (Å²) in [4.78, 5) is 14.9. The molecule has 0 spiro atoms. The van der Waals surface area contributed by atoms with Gasteiger partial charge < -0.3 is 10.6 Å². The zero-order chi connectivity index (χ0) is 19.9. The highest BCUT2D eigenvalue weighted by molar-refractivity contribution is 7.11. The second kappa shape index (κ2) is 9.45. The maximum Gasteiger partial charge on any atom is 0.191 e. The zero-order valence-electron chi connectivity index (χ0n) is 16.9. The van der Waals surface area contributed by atoms with Crippen LogP contribution in [0.25, 0.3) is 5.82 Å². The van der Waals surface area contributed by atoms with Gasteiger partial charge in [-0.25, -0.2) is 19.6 Å². The van der Waals surface area contributed by atoms with Crippen LogP contribution in [0.5, 0.6) is 0 Å². The lowest BCUT2D eigenvalue weighted by molar-refractivity contribution is 0.799. The smallest absolute Gasteiger partial charge is 0.191 e. The summed E-state index contributed by atoms with van der Waals surface area (Å²) in [5.74, 6) is 1.59. The molecule has 3 heterocycles. The third-order valence-electron chi connectivity index (χ3n) is 4.16. The second-order valence-corrected chi connectivity index (χ2v) is 7.69. The molecule has 148 valence electrons. The molecular formula is C20H27N7S. The Balaban J connectivity index is 1.62. The first-order valence-electron chi connectivity index (χ1n) is 9.53. The summed E-state index contributed by atoms with van der Waals surface area (Å²) in [6.45, 7) is 10.2. The van der Waals surface area contributed by atoms with Crippen LogP contribution in [0.15, 0.2) is 35.6 Å². The van der Waals surface area contributed by atoms with E-state index in [-0.39, 0.29) is 0 Å². The molecule has 0 atom stereocenters. The maximum atomic E-state index is 4.66. The Kier molecular flexibility index (Phi) is 6.76. The Morgan fingerprint density at radius 1 is 1.14 bits per heavy atom. The summed E-state index contributed by atoms with van der Waals surface area (Å²) in [5.41, 5.74) is 3.11. The van der Waals surface area contributed by atoms with E-state index in [2.05, 4.69) is 44.5 Å². The molecule has 0 unspecified atom stereocenters. The van der Waals surface area contributed by atoms with E-state index in [9.17, 15) is 0 Å². The van der Waals surface area contributed by atoms with Crippen LogP contribution in [0, 0.1) is 13.8 Å². The van der Waals surface area contributed by atoms with Crippen molar-refractivity contribution in [3.63, 3.8) is 0 Å². The minimum atomic E-state index is 0.553. The van der Waals surface area contributed by atoms with Crippen molar-refractivity contribution in [2.24, 2.45) is 4.99 Å². The molecule has 0 aromatic carbocycles. The molecule has 0 radical (unpaired) electrons. The topological polar surface area (TPSA) is 80.0 Å². The standard InChI is InChI=1S/C20H27N7S/c1-5-17-12-23-19(28-17)13-25-20(21-6-2)24-11-16-7-8-18(22-10-16)27-15(4)9-14(3)26-27/h7-10,12H,5-6,11,13H2,1-4H3,(H2,21,24,25). The van der Waals surface area contributed by atoms with E-state index in [4.69, 9.17) is 0 Å². The molecule has 3 aromatic heterocycles. The van der Waals surface area contributed by atoms with Gasteiger partial charge in [-0.3, -0.25) is 0 Å². The minimum absolute atomic E-state index is 0.553. The van der Waals surface area contributed by atoms with Crippen LogP contribution in [-0.4, -0.2) is 32.3 Å². The Morgan fingerprint density at radius 2 is 2.00 bits per heavy atom. The highest BCUT2D eigenvalue weighted by Gasteiger charge is 2.06. The molecule has 0 amide bonds. The van der Waals surface area contributed by atoms with E-state index in [1.165, 1.54) is 4.88 Å². The third kappa shape index (κ3) is 5.16. The van der Waals surface area contributed by atoms with Crippen LogP contribution in [0.4, 0.5) is 0 Å². The highest BCUT2D eigenvalue weighted by Crippen LogP contribution is 2.13. The van der Waals surface area contributed by atoms with Gasteiger partial charge >= 0.3 is 0 Å². The molecule has 3 aromatic rings. The van der Waals surface area contributed by atoms with Gasteiger partial charge in [0.05, 0.1) is 18.8 Å². The van der Waals surface area contributed by atoms with Gasteiger partial charge in [0.15, 0.2) is 11.8 Å². The number of hydrogen-bond donors (Lipinski definition) is 2. The Morgan fingerprint density at radius 3 is 2.61 bits per heavy atom. The second-order valence-electron chi connectivity index (χ2n) is 6.49. The van der Waals surface area contributed by atoms with Crippen molar-refractivity contribution in [1.82, 2.24) is 30.4 Å². The summed E-state index contributed by atoms with van der Waals surface area (Å²) in [7, 11) is 0. The lowest BCUT2D eigenvalue weighted by atomic mass is 10.3. The number of aromatic nitrogens is 4. The summed E-state index contributed by atoms with van der Waals surface area (Å²) in [5, 5.41) is 12.2. The normalized spacial score (nSPS) is 11.6. The van der Waals surface area contributed by atoms with Crippen LogP contribution in [0.2, 0.25) is 0 Å². The molecule has 0 aliphatic heterocycles. The molecule has 0 aliphatic rings. The number of aryl methyl sites for hydroxylation is 3. The first-order chi connectivity index (χ1) is 13.6. The van der Waals surface area contributed by atoms with Gasteiger partial charge in [0.25, 0.3) is 0 Å². The van der Waals surface area contributed by atoms with Crippen LogP contribution < -0.4 is 10.6 Å². The van der Waals surface area contributed by atoms with Crippen molar-refractivity contribution in [3.05, 3.63) is 57.4 Å². The van der Waals surface area contributed by atoms with Gasteiger partial charge in [-0.05, 0) is 44.9 Å². The van der Waals surface area contributed by atoms with Crippen LogP contribution in [-0.2, 0) is 19.5 Å². The predicted molar refractivity (Wildman–Crippen MR) is 114 cm³/mol. The maximum absolute atomic E-state index is 4.66. The van der Waals surface area contributed by atoms with Crippen LogP contribution >= 0.6 is 11.3 Å². The third-order valence-corrected chi connectivity index (χ3v) is 5.30. The number of nitrogens with one attached hydrogen (secondary N) is 2. The fourth-order valence-corrected chi connectivity index (χ4v) is 3.56. The van der Waals surface area contributed by atoms with Crippen molar-refractivity contribution in [1.29, 1.82) is 0 Å². The summed E-state index contributed by atoms with van der Waals surface area (Å²) in [6.07, 6.45) is 4.82. The molecule has 0 saturated heterocycles. The number of guanidine groups is 1. The molecule has 3 rings (SSSR count). The number of aliphatic imine (C=N–C) groups is 1. The first kappa shape index (κ1) is 20.0. The number of rotatable bonds is 7. The number of pyridine rings is 1. The Labute approximate surface area is 170 Å². The monoisotopic (exact) mass is 397 g/mol. The summed E-state index contributed by atoms with van der Waals surface area (Å²) < 4.78 is 1.85. The number of thiazole rings is 1. The SMILES string of the molecule is CCNC(=NCc1ccc(-n2nc(C)cc2C)nc1)NCc1ncc(CC)s1. The number of nitrogens with zero attached hydrogens (tertiary/aromatic N) is 5. The van der Waals surface area contributed by atoms with Gasteiger partial charge in [-0.2, -0.15) is 5.10 Å². The van der Waals surface area contributed by atoms with Crippen molar-refractivity contribution in [3.8, 4) is 5.82 Å². The van der Waals surface area contributed by atoms with Crippen LogP contribution in [0.3, 0.4) is 0 Å². The van der Waals surface area contributed by atoms with E-state index in [1.54, 1.807) is 11.3 Å². The molecule has 28 heavy (non-hydrogen) atoms. The molecule has 7 nitrogen and oxygen atoms in total. The lowest BCUT2D eigenvalue weighted by Gasteiger charge is -2.10. The van der Waals surface area contributed by atoms with Crippen molar-refractivity contribution >= 4 is 17.3 Å². The van der Waals surface area contributed by atoms with E-state index in [1.807, 2.05) is 49.1 Å². The molecule has 0 bridgehead atoms. The van der Waals surface area contributed by atoms with Crippen molar-refractivity contribution in [2.75, 3.05) is 6.54 Å². The predicted octanol–water partition coefficient (Wildman–Crippen LogP) is 3.16. The van der Waals surface area contributed by atoms with Gasteiger partial charge in [0.1, 0.15) is 5.01 Å². The van der Waals surface area contributed by atoms with Gasteiger partial charge in [0, 0.05) is 29.5 Å². The van der Waals surface area contributed by atoms with E-state index < -0.39 is 0 Å². The number of hydrogen-bond acceptors (Lipinski definition) is 5. The van der Waals surface area contributed by atoms with E-state index >= 15 is 0 Å². The average Bonchev–Trinajstić information content (AvgIpc) is 3.30. The van der Waals surface area contributed by atoms with E-state index in [0.29, 0.717) is 13.1 Å². The molecule has 0 aliphatic carbocycles. The van der Waals surface area contributed by atoms with Gasteiger partial charge in [-0.15, -0.1) is 11.3 Å².